The summed E-state index contributed by atoms with van der Waals surface area (Å²) in [5, 5.41) is 9.44. The number of rotatable bonds is 7. The Labute approximate surface area is 182 Å². The largest absolute Gasteiger partial charge is 0.462 e. The zero-order chi connectivity index (χ0) is 24.8. The molecule has 0 atom stereocenters. The smallest absolute Gasteiger partial charge is 0.434 e. The van der Waals surface area contributed by atoms with Crippen molar-refractivity contribution in [2.24, 2.45) is 0 Å². The van der Waals surface area contributed by atoms with Crippen LogP contribution >= 0.6 is 0 Å². The van der Waals surface area contributed by atoms with E-state index in [0.717, 1.165) is 6.20 Å². The van der Waals surface area contributed by atoms with Gasteiger partial charge in [-0.15, -0.1) is 0 Å². The van der Waals surface area contributed by atoms with Gasteiger partial charge >= 0.3 is 24.4 Å². The normalized spacial score (nSPS) is 11.6. The fraction of sp³-hybridized carbons (Fsp3) is 0.333. The van der Waals surface area contributed by atoms with Crippen LogP contribution in [0.25, 0.3) is 5.69 Å². The number of urea groups is 1. The van der Waals surface area contributed by atoms with Crippen LogP contribution in [0.4, 0.5) is 36.8 Å². The van der Waals surface area contributed by atoms with Crippen molar-refractivity contribution >= 4 is 23.6 Å². The highest BCUT2D eigenvalue weighted by atomic mass is 19.4. The molecule has 0 bridgehead atoms. The van der Waals surface area contributed by atoms with E-state index >= 15 is 0 Å². The number of halogens is 6. The van der Waals surface area contributed by atoms with Gasteiger partial charge < -0.3 is 20.7 Å². The Kier molecular flexibility index (Phi) is 7.90. The van der Waals surface area contributed by atoms with E-state index in [0.29, 0.717) is 4.68 Å². The number of benzene rings is 1. The van der Waals surface area contributed by atoms with Crippen molar-refractivity contribution in [2.75, 3.05) is 25.0 Å². The van der Waals surface area contributed by atoms with Crippen LogP contribution in [0, 0.1) is 0 Å². The summed E-state index contributed by atoms with van der Waals surface area (Å²) in [4.78, 5) is 34.8. The SMILES string of the molecule is CCOC(=O)c1cnn(-c2ccc(NC(=O)NCC(=O)NCC(F)(F)F)cc2)c1C(F)(F)F. The lowest BCUT2D eigenvalue weighted by atomic mass is 10.2. The quantitative estimate of drug-likeness (QED) is 0.416. The van der Waals surface area contributed by atoms with Gasteiger partial charge in [0.25, 0.3) is 0 Å². The van der Waals surface area contributed by atoms with Crippen molar-refractivity contribution in [1.82, 2.24) is 20.4 Å². The van der Waals surface area contributed by atoms with E-state index in [-0.39, 0.29) is 18.0 Å². The summed E-state index contributed by atoms with van der Waals surface area (Å²) in [6.45, 7) is -0.985. The Morgan fingerprint density at radius 2 is 1.67 bits per heavy atom. The van der Waals surface area contributed by atoms with Crippen molar-refractivity contribution in [2.45, 2.75) is 19.3 Å². The van der Waals surface area contributed by atoms with E-state index in [1.807, 2.05) is 5.32 Å². The third kappa shape index (κ3) is 7.40. The van der Waals surface area contributed by atoms with Crippen molar-refractivity contribution in [1.29, 1.82) is 0 Å². The second-order valence-electron chi connectivity index (χ2n) is 6.28. The molecule has 3 amide bonds. The summed E-state index contributed by atoms with van der Waals surface area (Å²) in [6, 6.07) is 3.82. The number of alkyl halides is 6. The molecule has 33 heavy (non-hydrogen) atoms. The number of nitrogens with one attached hydrogen (secondary N) is 3. The molecule has 0 aliphatic rings. The number of anilines is 1. The zero-order valence-electron chi connectivity index (χ0n) is 16.8. The predicted molar refractivity (Wildman–Crippen MR) is 101 cm³/mol. The highest BCUT2D eigenvalue weighted by Gasteiger charge is 2.41. The lowest BCUT2D eigenvalue weighted by Crippen LogP contribution is -2.42. The van der Waals surface area contributed by atoms with Gasteiger partial charge in [0.05, 0.1) is 25.0 Å². The monoisotopic (exact) mass is 481 g/mol. The van der Waals surface area contributed by atoms with Crippen LogP contribution in [-0.4, -0.2) is 53.6 Å². The summed E-state index contributed by atoms with van der Waals surface area (Å²) in [6.07, 6.45) is -8.80. The summed E-state index contributed by atoms with van der Waals surface area (Å²) in [5.74, 6) is -2.26. The Hall–Kier alpha value is -3.78. The summed E-state index contributed by atoms with van der Waals surface area (Å²) < 4.78 is 81.7. The van der Waals surface area contributed by atoms with Gasteiger partial charge in [-0.05, 0) is 31.2 Å². The first kappa shape index (κ1) is 25.5. The molecule has 1 heterocycles. The molecule has 2 aromatic rings. The number of hydrogen-bond donors (Lipinski definition) is 3. The molecule has 1 aromatic heterocycles. The summed E-state index contributed by atoms with van der Waals surface area (Å²) in [5.41, 5.74) is -2.10. The van der Waals surface area contributed by atoms with Crippen LogP contribution in [-0.2, 0) is 15.7 Å². The summed E-state index contributed by atoms with van der Waals surface area (Å²) >= 11 is 0. The number of hydrogen-bond acceptors (Lipinski definition) is 5. The molecule has 0 aliphatic carbocycles. The molecule has 0 aliphatic heterocycles. The molecular weight excluding hydrogens is 464 g/mol. The van der Waals surface area contributed by atoms with Crippen LogP contribution in [0.2, 0.25) is 0 Å². The van der Waals surface area contributed by atoms with E-state index in [4.69, 9.17) is 0 Å². The molecule has 0 saturated carbocycles. The van der Waals surface area contributed by atoms with Gasteiger partial charge in [0, 0.05) is 5.69 Å². The third-order valence-electron chi connectivity index (χ3n) is 3.80. The number of carbonyl (C=O) groups excluding carboxylic acids is 3. The number of aromatic nitrogens is 2. The first-order valence-corrected chi connectivity index (χ1v) is 9.13. The van der Waals surface area contributed by atoms with Gasteiger partial charge in [0.15, 0.2) is 5.69 Å². The average Bonchev–Trinajstić information content (AvgIpc) is 3.17. The van der Waals surface area contributed by atoms with Gasteiger partial charge in [-0.2, -0.15) is 31.4 Å². The van der Waals surface area contributed by atoms with Gasteiger partial charge in [-0.1, -0.05) is 0 Å². The number of esters is 1. The lowest BCUT2D eigenvalue weighted by molar-refractivity contribution is -0.143. The molecule has 0 saturated heterocycles. The highest BCUT2D eigenvalue weighted by molar-refractivity contribution is 5.92. The second kappa shape index (κ2) is 10.2. The minimum absolute atomic E-state index is 0.0876. The van der Waals surface area contributed by atoms with Crippen LogP contribution in [0.15, 0.2) is 30.5 Å². The molecule has 0 unspecified atom stereocenters. The van der Waals surface area contributed by atoms with Crippen LogP contribution in [0.5, 0.6) is 0 Å². The molecule has 9 nitrogen and oxygen atoms in total. The van der Waals surface area contributed by atoms with E-state index in [1.54, 1.807) is 5.32 Å². The molecule has 0 radical (unpaired) electrons. The van der Waals surface area contributed by atoms with Crippen molar-refractivity contribution < 1.29 is 45.5 Å². The molecule has 2 rings (SSSR count). The number of ether oxygens (including phenoxy) is 1. The van der Waals surface area contributed by atoms with Gasteiger partial charge in [-0.25, -0.2) is 14.3 Å². The topological polar surface area (TPSA) is 114 Å². The van der Waals surface area contributed by atoms with E-state index in [1.165, 1.54) is 31.2 Å². The standard InChI is InChI=1S/C18H17F6N5O4/c1-2-33-15(31)12-7-27-29(14(12)18(22,23)24)11-5-3-10(4-6-11)28-16(32)25-8-13(30)26-9-17(19,20)21/h3-7H,2,8-9H2,1H3,(H,26,30)(H2,25,28,32). The number of carbonyl (C=O) groups is 3. The molecule has 1 aromatic carbocycles. The Morgan fingerprint density at radius 1 is 1.03 bits per heavy atom. The fourth-order valence-electron chi connectivity index (χ4n) is 2.46. The molecule has 0 fully saturated rings. The molecule has 3 N–H and O–H groups in total. The van der Waals surface area contributed by atoms with E-state index < -0.39 is 54.6 Å². The maximum atomic E-state index is 13.5. The van der Waals surface area contributed by atoms with Gasteiger partial charge in [-0.3, -0.25) is 4.79 Å². The maximum absolute atomic E-state index is 13.5. The van der Waals surface area contributed by atoms with Crippen LogP contribution in [0.3, 0.4) is 0 Å². The first-order valence-electron chi connectivity index (χ1n) is 9.13. The van der Waals surface area contributed by atoms with Crippen molar-refractivity contribution in [3.05, 3.63) is 41.7 Å². The molecule has 180 valence electrons. The maximum Gasteiger partial charge on any atom is 0.434 e. The molecule has 15 heteroatoms. The zero-order valence-corrected chi connectivity index (χ0v) is 16.8. The van der Waals surface area contributed by atoms with E-state index in [2.05, 4.69) is 15.2 Å². The van der Waals surface area contributed by atoms with Crippen molar-refractivity contribution in [3.8, 4) is 5.69 Å². The summed E-state index contributed by atoms with van der Waals surface area (Å²) in [7, 11) is 0. The second-order valence-corrected chi connectivity index (χ2v) is 6.28. The van der Waals surface area contributed by atoms with Gasteiger partial charge in [0.1, 0.15) is 12.1 Å². The third-order valence-corrected chi connectivity index (χ3v) is 3.80. The first-order chi connectivity index (χ1) is 15.3. The number of nitrogens with zero attached hydrogens (tertiary/aromatic N) is 2. The molecule has 0 spiro atoms. The van der Waals surface area contributed by atoms with Crippen LogP contribution < -0.4 is 16.0 Å². The number of amides is 3. The molecular formula is C18H17F6N5O4. The van der Waals surface area contributed by atoms with Crippen molar-refractivity contribution in [3.63, 3.8) is 0 Å². The Bertz CT molecular complexity index is 1000. The fourth-order valence-corrected chi connectivity index (χ4v) is 2.46. The average molecular weight is 481 g/mol. The van der Waals surface area contributed by atoms with E-state index in [9.17, 15) is 40.7 Å². The van der Waals surface area contributed by atoms with Crippen LogP contribution in [0.1, 0.15) is 23.0 Å². The minimum Gasteiger partial charge on any atom is -0.462 e. The highest BCUT2D eigenvalue weighted by Crippen LogP contribution is 2.34. The predicted octanol–water partition coefficient (Wildman–Crippen LogP) is 2.87. The van der Waals surface area contributed by atoms with Gasteiger partial charge in [0.2, 0.25) is 5.91 Å². The minimum atomic E-state index is -4.93. The Morgan fingerprint density at radius 3 is 2.21 bits per heavy atom. The lowest BCUT2D eigenvalue weighted by Gasteiger charge is -2.13. The Balaban J connectivity index is 2.06.